The highest BCUT2D eigenvalue weighted by Crippen LogP contribution is 2.25. The van der Waals surface area contributed by atoms with E-state index in [1.165, 1.54) is 0 Å². The molecule has 1 saturated heterocycles. The number of H-pyrrole nitrogens is 1. The van der Waals surface area contributed by atoms with Crippen LogP contribution in [0.4, 0.5) is 0 Å². The molecule has 0 bridgehead atoms. The van der Waals surface area contributed by atoms with Crippen LogP contribution < -0.4 is 0 Å². The molecule has 3 heterocycles. The molecule has 1 aliphatic heterocycles. The van der Waals surface area contributed by atoms with Gasteiger partial charge in [0.05, 0.1) is 0 Å². The van der Waals surface area contributed by atoms with Gasteiger partial charge in [0.2, 0.25) is 11.8 Å². The molecule has 130 valence electrons. The molecular weight excluding hydrogens is 306 g/mol. The number of carbonyl (C=O) groups excluding carboxylic acids is 1. The second-order valence-electron chi connectivity index (χ2n) is 6.83. The van der Waals surface area contributed by atoms with E-state index < -0.39 is 0 Å². The van der Waals surface area contributed by atoms with Crippen molar-refractivity contribution in [3.05, 3.63) is 29.4 Å². The Kier molecular flexibility index (Phi) is 4.97. The molecule has 0 saturated carbocycles. The van der Waals surface area contributed by atoms with E-state index in [0.717, 1.165) is 37.4 Å². The van der Waals surface area contributed by atoms with Crippen LogP contribution in [0.5, 0.6) is 0 Å². The minimum absolute atomic E-state index is 0.146. The van der Waals surface area contributed by atoms with E-state index in [-0.39, 0.29) is 11.8 Å². The lowest BCUT2D eigenvalue weighted by Crippen LogP contribution is -2.39. The second kappa shape index (κ2) is 7.15. The molecule has 1 atom stereocenters. The molecule has 1 aliphatic rings. The number of aromatic nitrogens is 4. The number of imidazole rings is 1. The van der Waals surface area contributed by atoms with Gasteiger partial charge in [-0.05, 0) is 19.8 Å². The van der Waals surface area contributed by atoms with Gasteiger partial charge in [0.1, 0.15) is 5.82 Å². The number of aryl methyl sites for hydroxylation is 2. The molecule has 3 rings (SSSR count). The van der Waals surface area contributed by atoms with Crippen molar-refractivity contribution in [1.82, 2.24) is 25.0 Å². The van der Waals surface area contributed by atoms with E-state index in [4.69, 9.17) is 4.52 Å². The molecule has 2 aromatic heterocycles. The van der Waals surface area contributed by atoms with Gasteiger partial charge in [0, 0.05) is 49.7 Å². The fourth-order valence-electron chi connectivity index (χ4n) is 3.04. The monoisotopic (exact) mass is 331 g/mol. The Bertz CT molecular complexity index is 691. The summed E-state index contributed by atoms with van der Waals surface area (Å²) in [5, 5.41) is 3.94. The SMILES string of the molecule is Cc1cnc([C@H]2CCCN(C(=O)CCc3nc(C(C)C)no3)C2)[nH]1. The van der Waals surface area contributed by atoms with E-state index >= 15 is 0 Å². The zero-order valence-corrected chi connectivity index (χ0v) is 14.6. The minimum Gasteiger partial charge on any atom is -0.346 e. The number of nitrogens with one attached hydrogen (secondary N) is 1. The molecule has 0 spiro atoms. The molecule has 24 heavy (non-hydrogen) atoms. The van der Waals surface area contributed by atoms with Crippen LogP contribution >= 0.6 is 0 Å². The number of carbonyl (C=O) groups is 1. The summed E-state index contributed by atoms with van der Waals surface area (Å²) in [5.74, 6) is 2.91. The fourth-order valence-corrected chi connectivity index (χ4v) is 3.04. The Balaban J connectivity index is 1.54. The fraction of sp³-hybridized carbons (Fsp3) is 0.647. The summed E-state index contributed by atoms with van der Waals surface area (Å²) in [6.45, 7) is 7.58. The lowest BCUT2D eigenvalue weighted by atomic mass is 9.97. The third-order valence-corrected chi connectivity index (χ3v) is 4.44. The van der Waals surface area contributed by atoms with Gasteiger partial charge in [0.15, 0.2) is 5.82 Å². The Morgan fingerprint density at radius 1 is 1.50 bits per heavy atom. The highest BCUT2D eigenvalue weighted by molar-refractivity contribution is 5.76. The molecule has 1 amide bonds. The topological polar surface area (TPSA) is 87.9 Å². The van der Waals surface area contributed by atoms with Gasteiger partial charge in [0.25, 0.3) is 0 Å². The van der Waals surface area contributed by atoms with Crippen LogP contribution in [0, 0.1) is 6.92 Å². The highest BCUT2D eigenvalue weighted by atomic mass is 16.5. The Hall–Kier alpha value is -2.18. The smallest absolute Gasteiger partial charge is 0.227 e. The number of hydrogen-bond acceptors (Lipinski definition) is 5. The number of amides is 1. The molecule has 0 aromatic carbocycles. The lowest BCUT2D eigenvalue weighted by molar-refractivity contribution is -0.132. The van der Waals surface area contributed by atoms with Crippen molar-refractivity contribution in [1.29, 1.82) is 0 Å². The number of likely N-dealkylation sites (tertiary alicyclic amines) is 1. The Morgan fingerprint density at radius 3 is 3.00 bits per heavy atom. The first kappa shape index (κ1) is 16.7. The van der Waals surface area contributed by atoms with Gasteiger partial charge in [-0.25, -0.2) is 4.98 Å². The van der Waals surface area contributed by atoms with Gasteiger partial charge in [-0.15, -0.1) is 0 Å². The summed E-state index contributed by atoms with van der Waals surface area (Å²) in [6.07, 6.45) is 4.83. The average Bonchev–Trinajstić information content (AvgIpc) is 3.22. The lowest BCUT2D eigenvalue weighted by Gasteiger charge is -2.31. The first-order valence-corrected chi connectivity index (χ1v) is 8.64. The van der Waals surface area contributed by atoms with Gasteiger partial charge in [-0.2, -0.15) is 4.98 Å². The zero-order valence-electron chi connectivity index (χ0n) is 14.6. The Labute approximate surface area is 141 Å². The quantitative estimate of drug-likeness (QED) is 0.909. The van der Waals surface area contributed by atoms with E-state index in [9.17, 15) is 4.79 Å². The normalized spacial score (nSPS) is 18.3. The largest absolute Gasteiger partial charge is 0.346 e. The molecule has 7 nitrogen and oxygen atoms in total. The van der Waals surface area contributed by atoms with Crippen molar-refractivity contribution < 1.29 is 9.32 Å². The first-order valence-electron chi connectivity index (χ1n) is 8.64. The number of hydrogen-bond donors (Lipinski definition) is 1. The van der Waals surface area contributed by atoms with Crippen molar-refractivity contribution in [2.75, 3.05) is 13.1 Å². The molecule has 7 heteroatoms. The van der Waals surface area contributed by atoms with Crippen molar-refractivity contribution >= 4 is 5.91 Å². The van der Waals surface area contributed by atoms with E-state index in [1.54, 1.807) is 0 Å². The summed E-state index contributed by atoms with van der Waals surface area (Å²) in [5.41, 5.74) is 1.06. The number of piperidine rings is 1. The minimum atomic E-state index is 0.146. The van der Waals surface area contributed by atoms with Crippen LogP contribution in [0.15, 0.2) is 10.7 Å². The van der Waals surface area contributed by atoms with Crippen molar-refractivity contribution in [2.45, 2.75) is 58.3 Å². The van der Waals surface area contributed by atoms with E-state index in [0.29, 0.717) is 30.5 Å². The summed E-state index contributed by atoms with van der Waals surface area (Å²) in [4.78, 5) is 26.5. The van der Waals surface area contributed by atoms with Crippen LogP contribution in [0.25, 0.3) is 0 Å². The molecule has 1 N–H and O–H groups in total. The maximum absolute atomic E-state index is 12.5. The predicted molar refractivity (Wildman–Crippen MR) is 88.6 cm³/mol. The van der Waals surface area contributed by atoms with Crippen molar-refractivity contribution in [3.63, 3.8) is 0 Å². The highest BCUT2D eigenvalue weighted by Gasteiger charge is 2.26. The summed E-state index contributed by atoms with van der Waals surface area (Å²) >= 11 is 0. The van der Waals surface area contributed by atoms with Crippen molar-refractivity contribution in [3.8, 4) is 0 Å². The van der Waals surface area contributed by atoms with Gasteiger partial charge >= 0.3 is 0 Å². The molecule has 2 aromatic rings. The van der Waals surface area contributed by atoms with Crippen LogP contribution in [-0.2, 0) is 11.2 Å². The van der Waals surface area contributed by atoms with E-state index in [1.807, 2.05) is 31.9 Å². The number of aromatic amines is 1. The second-order valence-corrected chi connectivity index (χ2v) is 6.83. The first-order chi connectivity index (χ1) is 11.5. The van der Waals surface area contributed by atoms with Crippen LogP contribution in [0.3, 0.4) is 0 Å². The summed E-state index contributed by atoms with van der Waals surface area (Å²) < 4.78 is 5.21. The zero-order chi connectivity index (χ0) is 17.1. The maximum Gasteiger partial charge on any atom is 0.227 e. The average molecular weight is 331 g/mol. The third kappa shape index (κ3) is 3.83. The third-order valence-electron chi connectivity index (χ3n) is 4.44. The number of rotatable bonds is 5. The van der Waals surface area contributed by atoms with E-state index in [2.05, 4.69) is 20.1 Å². The van der Waals surface area contributed by atoms with Crippen LogP contribution in [0.1, 0.15) is 68.2 Å². The van der Waals surface area contributed by atoms with Gasteiger partial charge < -0.3 is 14.4 Å². The molecule has 1 fully saturated rings. The molecule has 0 unspecified atom stereocenters. The predicted octanol–water partition coefficient (Wildman–Crippen LogP) is 2.56. The van der Waals surface area contributed by atoms with Crippen LogP contribution in [0.2, 0.25) is 0 Å². The van der Waals surface area contributed by atoms with Crippen molar-refractivity contribution in [2.24, 2.45) is 0 Å². The summed E-state index contributed by atoms with van der Waals surface area (Å²) in [6, 6.07) is 0. The number of nitrogens with zero attached hydrogens (tertiary/aromatic N) is 4. The Morgan fingerprint density at radius 2 is 2.33 bits per heavy atom. The maximum atomic E-state index is 12.5. The van der Waals surface area contributed by atoms with Gasteiger partial charge in [-0.3, -0.25) is 4.79 Å². The molecular formula is C17H25N5O2. The van der Waals surface area contributed by atoms with Crippen LogP contribution in [-0.4, -0.2) is 44.0 Å². The standard InChI is InChI=1S/C17H25N5O2/c1-11(2)16-20-14(24-21-16)6-7-15(23)22-8-4-5-13(10-22)17-18-9-12(3)19-17/h9,11,13H,4-8,10H2,1-3H3,(H,18,19)/t13-/m0/s1. The van der Waals surface area contributed by atoms with Gasteiger partial charge in [-0.1, -0.05) is 19.0 Å². The summed E-state index contributed by atoms with van der Waals surface area (Å²) in [7, 11) is 0. The molecule has 0 radical (unpaired) electrons. The molecule has 0 aliphatic carbocycles.